The second kappa shape index (κ2) is 6.27. The van der Waals surface area contributed by atoms with Crippen LogP contribution >= 0.6 is 0 Å². The SMILES string of the molecule is CCOC1CC(NCc2cc(CC)nn2CC)C1(C)C. The lowest BCUT2D eigenvalue weighted by molar-refractivity contribution is -0.114. The number of hydrogen-bond acceptors (Lipinski definition) is 3. The van der Waals surface area contributed by atoms with E-state index in [1.165, 1.54) is 11.4 Å². The monoisotopic (exact) mass is 279 g/mol. The van der Waals surface area contributed by atoms with Gasteiger partial charge in [-0.15, -0.1) is 0 Å². The van der Waals surface area contributed by atoms with Gasteiger partial charge in [-0.3, -0.25) is 4.68 Å². The van der Waals surface area contributed by atoms with Crippen molar-refractivity contribution < 1.29 is 4.74 Å². The van der Waals surface area contributed by atoms with Gasteiger partial charge in [0.25, 0.3) is 0 Å². The Morgan fingerprint density at radius 1 is 1.40 bits per heavy atom. The Hall–Kier alpha value is -0.870. The summed E-state index contributed by atoms with van der Waals surface area (Å²) in [5.74, 6) is 0. The highest BCUT2D eigenvalue weighted by atomic mass is 16.5. The average Bonchev–Trinajstić information content (AvgIpc) is 2.84. The number of ether oxygens (including phenoxy) is 1. The maximum atomic E-state index is 5.78. The second-order valence-electron chi connectivity index (χ2n) is 6.23. The van der Waals surface area contributed by atoms with Crippen molar-refractivity contribution in [2.24, 2.45) is 5.41 Å². The van der Waals surface area contributed by atoms with Gasteiger partial charge in [0.2, 0.25) is 0 Å². The van der Waals surface area contributed by atoms with Crippen molar-refractivity contribution in [2.75, 3.05) is 6.61 Å². The maximum Gasteiger partial charge on any atom is 0.0655 e. The third-order valence-electron chi connectivity index (χ3n) is 4.65. The van der Waals surface area contributed by atoms with Crippen molar-refractivity contribution in [3.8, 4) is 0 Å². The fraction of sp³-hybridized carbons (Fsp3) is 0.812. The van der Waals surface area contributed by atoms with E-state index in [1.54, 1.807) is 0 Å². The molecule has 1 saturated carbocycles. The van der Waals surface area contributed by atoms with E-state index < -0.39 is 0 Å². The van der Waals surface area contributed by atoms with Crippen molar-refractivity contribution in [3.63, 3.8) is 0 Å². The summed E-state index contributed by atoms with van der Waals surface area (Å²) in [7, 11) is 0. The summed E-state index contributed by atoms with van der Waals surface area (Å²) in [5.41, 5.74) is 2.70. The smallest absolute Gasteiger partial charge is 0.0655 e. The fourth-order valence-corrected chi connectivity index (χ4v) is 3.05. The molecular formula is C16H29N3O. The normalized spacial score (nSPS) is 24.6. The maximum absolute atomic E-state index is 5.78. The van der Waals surface area contributed by atoms with Gasteiger partial charge < -0.3 is 10.1 Å². The first-order valence-corrected chi connectivity index (χ1v) is 7.93. The molecule has 2 unspecified atom stereocenters. The average molecular weight is 279 g/mol. The van der Waals surface area contributed by atoms with Crippen LogP contribution in [-0.2, 0) is 24.2 Å². The molecule has 114 valence electrons. The van der Waals surface area contributed by atoms with Crippen molar-refractivity contribution in [3.05, 3.63) is 17.5 Å². The van der Waals surface area contributed by atoms with E-state index in [-0.39, 0.29) is 5.41 Å². The number of nitrogens with one attached hydrogen (secondary N) is 1. The minimum atomic E-state index is 0.223. The van der Waals surface area contributed by atoms with E-state index >= 15 is 0 Å². The molecule has 0 radical (unpaired) electrons. The number of rotatable bonds is 7. The van der Waals surface area contributed by atoms with Crippen LogP contribution < -0.4 is 5.32 Å². The van der Waals surface area contributed by atoms with Gasteiger partial charge in [0.05, 0.1) is 17.5 Å². The summed E-state index contributed by atoms with van der Waals surface area (Å²) in [5, 5.41) is 8.29. The Kier molecular flexibility index (Phi) is 4.86. The van der Waals surface area contributed by atoms with E-state index in [9.17, 15) is 0 Å². The van der Waals surface area contributed by atoms with Gasteiger partial charge in [-0.2, -0.15) is 5.10 Å². The quantitative estimate of drug-likeness (QED) is 0.834. The number of hydrogen-bond donors (Lipinski definition) is 1. The predicted octanol–water partition coefficient (Wildman–Crippen LogP) is 2.76. The molecule has 2 rings (SSSR count). The summed E-state index contributed by atoms with van der Waals surface area (Å²) in [4.78, 5) is 0. The fourth-order valence-electron chi connectivity index (χ4n) is 3.05. The largest absolute Gasteiger partial charge is 0.378 e. The van der Waals surface area contributed by atoms with Crippen molar-refractivity contribution in [1.29, 1.82) is 0 Å². The molecule has 20 heavy (non-hydrogen) atoms. The molecule has 1 aliphatic rings. The van der Waals surface area contributed by atoms with Gasteiger partial charge in [-0.1, -0.05) is 20.8 Å². The Morgan fingerprint density at radius 2 is 2.15 bits per heavy atom. The molecule has 0 amide bonds. The molecule has 1 N–H and O–H groups in total. The Labute approximate surface area is 122 Å². The highest BCUT2D eigenvalue weighted by molar-refractivity contribution is 5.11. The van der Waals surface area contributed by atoms with E-state index in [4.69, 9.17) is 4.74 Å². The van der Waals surface area contributed by atoms with Gasteiger partial charge in [0, 0.05) is 31.2 Å². The molecule has 1 aliphatic carbocycles. The molecule has 0 spiro atoms. The van der Waals surface area contributed by atoms with Crippen LogP contribution in [-0.4, -0.2) is 28.5 Å². The standard InChI is InChI=1S/C16H29N3O/c1-6-12-9-13(19(7-2)18-12)11-17-14-10-15(20-8-3)16(14,4)5/h9,14-15,17H,6-8,10-11H2,1-5H3. The third-order valence-corrected chi connectivity index (χ3v) is 4.65. The molecule has 0 aliphatic heterocycles. The third kappa shape index (κ3) is 2.91. The first kappa shape index (κ1) is 15.5. The zero-order chi connectivity index (χ0) is 14.8. The van der Waals surface area contributed by atoms with Crippen LogP contribution in [0.1, 0.15) is 52.4 Å². The van der Waals surface area contributed by atoms with Gasteiger partial charge in [0.1, 0.15) is 0 Å². The van der Waals surface area contributed by atoms with Crippen LogP contribution in [0, 0.1) is 5.41 Å². The first-order valence-electron chi connectivity index (χ1n) is 7.93. The molecule has 2 atom stereocenters. The lowest BCUT2D eigenvalue weighted by Gasteiger charge is -2.52. The molecule has 4 nitrogen and oxygen atoms in total. The highest BCUT2D eigenvalue weighted by Crippen LogP contribution is 2.42. The van der Waals surface area contributed by atoms with E-state index in [0.717, 1.165) is 32.5 Å². The van der Waals surface area contributed by atoms with Crippen LogP contribution in [0.3, 0.4) is 0 Å². The van der Waals surface area contributed by atoms with Gasteiger partial charge in [-0.25, -0.2) is 0 Å². The molecule has 0 bridgehead atoms. The molecule has 0 saturated heterocycles. The Balaban J connectivity index is 1.92. The van der Waals surface area contributed by atoms with Gasteiger partial charge in [0.15, 0.2) is 0 Å². The van der Waals surface area contributed by atoms with E-state index in [0.29, 0.717) is 12.1 Å². The molecule has 1 aromatic rings. The minimum Gasteiger partial charge on any atom is -0.378 e. The van der Waals surface area contributed by atoms with Gasteiger partial charge in [-0.05, 0) is 32.8 Å². The van der Waals surface area contributed by atoms with Crippen LogP contribution in [0.2, 0.25) is 0 Å². The van der Waals surface area contributed by atoms with E-state index in [1.807, 2.05) is 0 Å². The number of aryl methyl sites for hydroxylation is 2. The number of nitrogens with zero attached hydrogens (tertiary/aromatic N) is 2. The summed E-state index contributed by atoms with van der Waals surface area (Å²) in [6, 6.07) is 2.76. The lowest BCUT2D eigenvalue weighted by Crippen LogP contribution is -2.60. The molecule has 1 heterocycles. The molecule has 0 aromatic carbocycles. The van der Waals surface area contributed by atoms with Crippen molar-refractivity contribution >= 4 is 0 Å². The minimum absolute atomic E-state index is 0.223. The summed E-state index contributed by atoms with van der Waals surface area (Å²) in [6.07, 6.45) is 2.51. The summed E-state index contributed by atoms with van der Waals surface area (Å²) in [6.45, 7) is 13.6. The second-order valence-corrected chi connectivity index (χ2v) is 6.23. The highest BCUT2D eigenvalue weighted by Gasteiger charge is 2.48. The van der Waals surface area contributed by atoms with Crippen molar-refractivity contribution in [2.45, 2.75) is 72.7 Å². The van der Waals surface area contributed by atoms with Crippen LogP contribution in [0.15, 0.2) is 6.07 Å². The Morgan fingerprint density at radius 3 is 2.70 bits per heavy atom. The van der Waals surface area contributed by atoms with Crippen molar-refractivity contribution in [1.82, 2.24) is 15.1 Å². The molecule has 4 heteroatoms. The predicted molar refractivity (Wildman–Crippen MR) is 81.7 cm³/mol. The Bertz CT molecular complexity index is 439. The summed E-state index contributed by atoms with van der Waals surface area (Å²) >= 11 is 0. The lowest BCUT2D eigenvalue weighted by atomic mass is 9.64. The van der Waals surface area contributed by atoms with E-state index in [2.05, 4.69) is 55.8 Å². The summed E-state index contributed by atoms with van der Waals surface area (Å²) < 4.78 is 7.89. The molecule has 1 aromatic heterocycles. The number of aromatic nitrogens is 2. The van der Waals surface area contributed by atoms with Crippen LogP contribution in [0.25, 0.3) is 0 Å². The zero-order valence-corrected chi connectivity index (χ0v) is 13.6. The first-order chi connectivity index (χ1) is 9.52. The molecule has 1 fully saturated rings. The zero-order valence-electron chi connectivity index (χ0n) is 13.6. The van der Waals surface area contributed by atoms with Crippen LogP contribution in [0.5, 0.6) is 0 Å². The topological polar surface area (TPSA) is 39.1 Å². The van der Waals surface area contributed by atoms with Gasteiger partial charge >= 0.3 is 0 Å². The van der Waals surface area contributed by atoms with Crippen LogP contribution in [0.4, 0.5) is 0 Å². The molecular weight excluding hydrogens is 250 g/mol.